The highest BCUT2D eigenvalue weighted by Gasteiger charge is 2.42. The molecule has 1 aliphatic rings. The summed E-state index contributed by atoms with van der Waals surface area (Å²) in [5, 5.41) is 0. The molecule has 1 aromatic carbocycles. The Morgan fingerprint density at radius 2 is 1.70 bits per heavy atom. The molecule has 0 fully saturated rings. The number of ether oxygens (including phenoxy) is 3. The normalized spacial score (nSPS) is 14.8. The largest absolute Gasteiger partial charge is 1.00 e. The van der Waals surface area contributed by atoms with Crippen molar-refractivity contribution in [3.05, 3.63) is 23.8 Å². The van der Waals surface area contributed by atoms with Crippen molar-refractivity contribution in [2.45, 2.75) is 26.6 Å². The van der Waals surface area contributed by atoms with Crippen LogP contribution in [0.1, 0.15) is 32.2 Å². The van der Waals surface area contributed by atoms with Crippen LogP contribution in [0.4, 0.5) is 0 Å². The van der Waals surface area contributed by atoms with Crippen LogP contribution in [-0.4, -0.2) is 32.4 Å². The highest BCUT2D eigenvalue weighted by atomic mass is 79.9. The van der Waals surface area contributed by atoms with Gasteiger partial charge in [0.2, 0.25) is 6.79 Å². The Labute approximate surface area is 133 Å². The lowest BCUT2D eigenvalue weighted by Crippen LogP contribution is -3.00. The summed E-state index contributed by atoms with van der Waals surface area (Å²) in [6, 6.07) is 6.21. The van der Waals surface area contributed by atoms with Crippen molar-refractivity contribution in [2.24, 2.45) is 0 Å². The van der Waals surface area contributed by atoms with Crippen LogP contribution in [0, 0.1) is 0 Å². The van der Waals surface area contributed by atoms with Crippen molar-refractivity contribution in [3.63, 3.8) is 0 Å². The molecule has 1 aromatic rings. The Kier molecular flexibility index (Phi) is 6.77. The number of rotatable bonds is 6. The number of fused-ring (bicyclic) bond motifs is 1. The second kappa shape index (κ2) is 7.63. The highest BCUT2D eigenvalue weighted by Crippen LogP contribution is 2.69. The molecule has 0 radical (unpaired) electrons. The molecule has 0 bridgehead atoms. The molecule has 114 valence electrons. The van der Waals surface area contributed by atoms with Crippen LogP contribution >= 0.6 is 7.26 Å². The van der Waals surface area contributed by atoms with E-state index in [2.05, 4.69) is 32.9 Å². The SMILES string of the molecule is CC[P+](CC)(CC)C(OC)c1ccc2c(c1)OCO2.[Br-]. The van der Waals surface area contributed by atoms with Crippen molar-refractivity contribution >= 4 is 7.26 Å². The third kappa shape index (κ3) is 3.13. The minimum Gasteiger partial charge on any atom is -1.00 e. The van der Waals surface area contributed by atoms with E-state index in [1.165, 1.54) is 24.0 Å². The lowest BCUT2D eigenvalue weighted by atomic mass is 10.2. The van der Waals surface area contributed by atoms with E-state index in [1.54, 1.807) is 0 Å². The summed E-state index contributed by atoms with van der Waals surface area (Å²) in [7, 11) is 0.710. The zero-order valence-corrected chi connectivity index (χ0v) is 15.2. The van der Waals surface area contributed by atoms with Crippen LogP contribution in [0.5, 0.6) is 11.5 Å². The number of halogens is 1. The maximum atomic E-state index is 5.89. The number of hydrogen-bond acceptors (Lipinski definition) is 3. The Hall–Kier alpha value is -0.310. The lowest BCUT2D eigenvalue weighted by Gasteiger charge is -2.31. The van der Waals surface area contributed by atoms with E-state index in [9.17, 15) is 0 Å². The molecule has 0 aliphatic carbocycles. The van der Waals surface area contributed by atoms with Gasteiger partial charge in [-0.1, -0.05) is 0 Å². The Balaban J connectivity index is 0.00000200. The highest BCUT2D eigenvalue weighted by molar-refractivity contribution is 7.75. The average Bonchev–Trinajstić information content (AvgIpc) is 2.92. The Morgan fingerprint density at radius 3 is 2.25 bits per heavy atom. The molecule has 1 aliphatic heterocycles. The Morgan fingerprint density at radius 1 is 1.10 bits per heavy atom. The molecule has 0 spiro atoms. The van der Waals surface area contributed by atoms with Crippen LogP contribution in [0.2, 0.25) is 0 Å². The smallest absolute Gasteiger partial charge is 0.231 e. The summed E-state index contributed by atoms with van der Waals surface area (Å²) < 4.78 is 16.7. The molecule has 20 heavy (non-hydrogen) atoms. The van der Waals surface area contributed by atoms with Gasteiger partial charge in [-0.3, -0.25) is 0 Å². The molecule has 1 heterocycles. The van der Waals surface area contributed by atoms with Gasteiger partial charge in [0, 0.05) is 19.9 Å². The van der Waals surface area contributed by atoms with Crippen molar-refractivity contribution in [1.82, 2.24) is 0 Å². The molecule has 3 nitrogen and oxygen atoms in total. The van der Waals surface area contributed by atoms with E-state index in [0.29, 0.717) is 6.79 Å². The maximum absolute atomic E-state index is 5.89. The first kappa shape index (κ1) is 17.7. The van der Waals surface area contributed by atoms with E-state index in [4.69, 9.17) is 14.2 Å². The summed E-state index contributed by atoms with van der Waals surface area (Å²) >= 11 is 0. The summed E-state index contributed by atoms with van der Waals surface area (Å²) in [5.74, 6) is 1.90. The number of hydrogen-bond donors (Lipinski definition) is 0. The molecule has 0 aromatic heterocycles. The van der Waals surface area contributed by atoms with Gasteiger partial charge in [0.1, 0.15) is 0 Å². The molecule has 0 N–H and O–H groups in total. The maximum Gasteiger partial charge on any atom is 0.231 e. The van der Waals surface area contributed by atoms with Gasteiger partial charge < -0.3 is 31.2 Å². The predicted octanol–water partition coefficient (Wildman–Crippen LogP) is 1.14. The summed E-state index contributed by atoms with van der Waals surface area (Å²) in [4.78, 5) is 0. The van der Waals surface area contributed by atoms with Crippen molar-refractivity contribution < 1.29 is 31.2 Å². The van der Waals surface area contributed by atoms with Gasteiger partial charge in [0.25, 0.3) is 0 Å². The standard InChI is InChI=1S/C15H24O3P.BrH/c1-5-19(6-2,7-3)15(16-4)12-8-9-13-14(10-12)18-11-17-13;/h8-10,15H,5-7,11H2,1-4H3;1H/q+1;/p-1. The first-order valence-corrected chi connectivity index (χ1v) is 9.40. The summed E-state index contributed by atoms with van der Waals surface area (Å²) in [6.45, 7) is 7.20. The average molecular weight is 363 g/mol. The fourth-order valence-electron chi connectivity index (χ4n) is 2.91. The van der Waals surface area contributed by atoms with E-state index in [-0.39, 0.29) is 22.8 Å². The molecule has 1 unspecified atom stereocenters. The first-order chi connectivity index (χ1) is 9.20. The fourth-order valence-corrected chi connectivity index (χ4v) is 6.49. The van der Waals surface area contributed by atoms with Crippen LogP contribution in [0.25, 0.3) is 0 Å². The zero-order valence-electron chi connectivity index (χ0n) is 12.7. The molecule has 1 atom stereocenters. The lowest BCUT2D eigenvalue weighted by molar-refractivity contribution is -0.00000592. The topological polar surface area (TPSA) is 27.7 Å². The number of benzene rings is 1. The Bertz CT molecular complexity index is 427. The molecular weight excluding hydrogens is 339 g/mol. The molecular formula is C15H24BrO3P. The predicted molar refractivity (Wildman–Crippen MR) is 80.9 cm³/mol. The van der Waals surface area contributed by atoms with Gasteiger partial charge in [-0.2, -0.15) is 0 Å². The van der Waals surface area contributed by atoms with Crippen LogP contribution in [-0.2, 0) is 4.74 Å². The zero-order chi connectivity index (χ0) is 13.9. The van der Waals surface area contributed by atoms with E-state index < -0.39 is 7.26 Å². The molecule has 5 heteroatoms. The molecule has 0 amide bonds. The van der Waals surface area contributed by atoms with E-state index in [0.717, 1.165) is 11.5 Å². The molecule has 0 saturated heterocycles. The van der Waals surface area contributed by atoms with Gasteiger partial charge in [-0.05, 0) is 39.0 Å². The van der Waals surface area contributed by atoms with Crippen LogP contribution in [0.3, 0.4) is 0 Å². The van der Waals surface area contributed by atoms with Crippen molar-refractivity contribution in [3.8, 4) is 11.5 Å². The monoisotopic (exact) mass is 362 g/mol. The van der Waals surface area contributed by atoms with Crippen LogP contribution < -0.4 is 26.5 Å². The first-order valence-electron chi connectivity index (χ1n) is 6.98. The minimum atomic E-state index is -1.11. The van der Waals surface area contributed by atoms with Crippen molar-refractivity contribution in [2.75, 3.05) is 32.4 Å². The van der Waals surface area contributed by atoms with Gasteiger partial charge >= 0.3 is 0 Å². The fraction of sp³-hybridized carbons (Fsp3) is 0.600. The van der Waals surface area contributed by atoms with Gasteiger partial charge in [0.15, 0.2) is 17.3 Å². The van der Waals surface area contributed by atoms with Gasteiger partial charge in [-0.25, -0.2) is 0 Å². The third-order valence-corrected chi connectivity index (χ3v) is 9.57. The summed E-state index contributed by atoms with van der Waals surface area (Å²) in [5.41, 5.74) is 1.23. The number of methoxy groups -OCH3 is 1. The minimum absolute atomic E-state index is 0. The van der Waals surface area contributed by atoms with E-state index >= 15 is 0 Å². The summed E-state index contributed by atoms with van der Waals surface area (Å²) in [6.07, 6.45) is 3.65. The molecule has 2 rings (SSSR count). The van der Waals surface area contributed by atoms with Crippen molar-refractivity contribution in [1.29, 1.82) is 0 Å². The second-order valence-electron chi connectivity index (χ2n) is 4.87. The third-order valence-electron chi connectivity index (χ3n) is 4.29. The van der Waals surface area contributed by atoms with Crippen LogP contribution in [0.15, 0.2) is 18.2 Å². The quantitative estimate of drug-likeness (QED) is 0.710. The van der Waals surface area contributed by atoms with Gasteiger partial charge in [-0.15, -0.1) is 0 Å². The van der Waals surface area contributed by atoms with Gasteiger partial charge in [0.05, 0.1) is 18.5 Å². The van der Waals surface area contributed by atoms with E-state index in [1.807, 2.05) is 13.2 Å². The second-order valence-corrected chi connectivity index (χ2v) is 9.67. The molecule has 0 saturated carbocycles.